The number of nitrogens with two attached hydrogens (primary N) is 1. The molecular weight excluding hydrogens is 739 g/mol. The number of nitrogens with zero attached hydrogens (tertiary/aromatic N) is 6. The van der Waals surface area contributed by atoms with Gasteiger partial charge in [0.1, 0.15) is 6.04 Å². The predicted octanol–water partition coefficient (Wildman–Crippen LogP) is 4.96. The summed E-state index contributed by atoms with van der Waals surface area (Å²) in [5.41, 5.74) is 13.2. The minimum absolute atomic E-state index is 0.169. The molecule has 3 aliphatic heterocycles. The number of amides is 6. The summed E-state index contributed by atoms with van der Waals surface area (Å²) in [4.78, 5) is 75.8. The quantitative estimate of drug-likeness (QED) is 0.120. The fourth-order valence-electron chi connectivity index (χ4n) is 8.24. The third-order valence-corrected chi connectivity index (χ3v) is 11.4. The molecule has 2 saturated heterocycles. The second-order valence-corrected chi connectivity index (χ2v) is 15.3. The number of aromatic nitrogens is 4. The van der Waals surface area contributed by atoms with Crippen LogP contribution < -0.4 is 27.0 Å². The van der Waals surface area contributed by atoms with Crippen molar-refractivity contribution in [1.82, 2.24) is 34.9 Å². The van der Waals surface area contributed by atoms with Gasteiger partial charge in [0.15, 0.2) is 11.5 Å². The van der Waals surface area contributed by atoms with Crippen molar-refractivity contribution in [2.75, 3.05) is 22.5 Å². The van der Waals surface area contributed by atoms with Crippen molar-refractivity contribution in [2.45, 2.75) is 71.0 Å². The van der Waals surface area contributed by atoms with E-state index >= 15 is 0 Å². The monoisotopic (exact) mass is 783 g/mol. The molecular formula is C42H45N11O5. The molecule has 58 heavy (non-hydrogen) atoms. The third kappa shape index (κ3) is 7.64. The highest BCUT2D eigenvalue weighted by Gasteiger charge is 2.39. The van der Waals surface area contributed by atoms with E-state index in [9.17, 15) is 24.0 Å². The highest BCUT2D eigenvalue weighted by atomic mass is 16.2. The van der Waals surface area contributed by atoms with Gasteiger partial charge in [0, 0.05) is 67.3 Å². The lowest BCUT2D eigenvalue weighted by molar-refractivity contribution is -0.137. The number of primary amides is 1. The first kappa shape index (κ1) is 38.1. The van der Waals surface area contributed by atoms with Crippen molar-refractivity contribution >= 4 is 69.5 Å². The Bertz CT molecular complexity index is 2440. The summed E-state index contributed by atoms with van der Waals surface area (Å²) in [6.45, 7) is 4.67. The minimum Gasteiger partial charge on any atom is -0.369 e. The topological polar surface area (TPSA) is 210 Å². The number of rotatable bonds is 10. The molecule has 3 aromatic carbocycles. The van der Waals surface area contributed by atoms with Crippen molar-refractivity contribution in [3.63, 3.8) is 0 Å². The number of aryl methyl sites for hydroxylation is 4. The smallest absolute Gasteiger partial charge is 0.322 e. The Morgan fingerprint density at radius 1 is 0.966 bits per heavy atom. The minimum atomic E-state index is -0.724. The maximum absolute atomic E-state index is 13.8. The number of nitrogens with one attached hydrogen (secondary N) is 4. The van der Waals surface area contributed by atoms with E-state index in [0.717, 1.165) is 33.5 Å². The molecule has 0 saturated carbocycles. The zero-order chi connectivity index (χ0) is 40.7. The first-order chi connectivity index (χ1) is 27.9. The summed E-state index contributed by atoms with van der Waals surface area (Å²) in [6, 6.07) is 17.9. The summed E-state index contributed by atoms with van der Waals surface area (Å²) < 4.78 is 1.73. The van der Waals surface area contributed by atoms with Gasteiger partial charge in [0.2, 0.25) is 23.7 Å². The lowest BCUT2D eigenvalue weighted by Crippen LogP contribution is -2.52. The van der Waals surface area contributed by atoms with Crippen LogP contribution in [0.2, 0.25) is 0 Å². The summed E-state index contributed by atoms with van der Waals surface area (Å²) in [5.74, 6) is -0.690. The van der Waals surface area contributed by atoms with Gasteiger partial charge in [-0.1, -0.05) is 30.3 Å². The number of likely N-dealkylation sites (tertiary alicyclic amines) is 1. The molecule has 0 bridgehead atoms. The second kappa shape index (κ2) is 15.6. The number of hydrogen-bond donors (Lipinski definition) is 5. The highest BCUT2D eigenvalue weighted by Crippen LogP contribution is 2.32. The molecule has 5 aromatic rings. The number of urea groups is 1. The molecule has 6 N–H and O–H groups in total. The molecule has 0 aliphatic carbocycles. The molecule has 0 spiro atoms. The van der Waals surface area contributed by atoms with Crippen molar-refractivity contribution in [3.8, 4) is 0 Å². The van der Waals surface area contributed by atoms with E-state index < -0.39 is 11.9 Å². The van der Waals surface area contributed by atoms with E-state index in [1.54, 1.807) is 34.0 Å². The number of imide groups is 1. The lowest BCUT2D eigenvalue weighted by Gasteiger charge is -2.38. The van der Waals surface area contributed by atoms with E-state index in [-0.39, 0.29) is 55.1 Å². The molecule has 2 fully saturated rings. The van der Waals surface area contributed by atoms with E-state index in [1.165, 1.54) is 4.90 Å². The molecule has 3 aliphatic rings. The first-order valence-corrected chi connectivity index (χ1v) is 19.5. The van der Waals surface area contributed by atoms with Crippen LogP contribution in [0.15, 0.2) is 66.9 Å². The van der Waals surface area contributed by atoms with Crippen molar-refractivity contribution in [3.05, 3.63) is 94.7 Å². The molecule has 5 heterocycles. The van der Waals surface area contributed by atoms with Crippen molar-refractivity contribution in [1.29, 1.82) is 0 Å². The maximum Gasteiger partial charge on any atom is 0.322 e. The first-order valence-electron chi connectivity index (χ1n) is 19.5. The molecule has 0 radical (unpaired) electrons. The second-order valence-electron chi connectivity index (χ2n) is 15.3. The Morgan fingerprint density at radius 2 is 1.72 bits per heavy atom. The number of piperidine rings is 2. The van der Waals surface area contributed by atoms with Crippen LogP contribution in [0.3, 0.4) is 0 Å². The maximum atomic E-state index is 13.8. The summed E-state index contributed by atoms with van der Waals surface area (Å²) >= 11 is 0. The fraction of sp³-hybridized carbons (Fsp3) is 0.333. The summed E-state index contributed by atoms with van der Waals surface area (Å²) in [7, 11) is 1.85. The van der Waals surface area contributed by atoms with Crippen LogP contribution in [-0.2, 0) is 34.4 Å². The van der Waals surface area contributed by atoms with Crippen molar-refractivity contribution < 1.29 is 24.0 Å². The Kier molecular flexibility index (Phi) is 10.2. The van der Waals surface area contributed by atoms with Crippen LogP contribution >= 0.6 is 0 Å². The van der Waals surface area contributed by atoms with Gasteiger partial charge in [0.05, 0.1) is 5.39 Å². The number of fused-ring (bicyclic) bond motifs is 2. The van der Waals surface area contributed by atoms with Gasteiger partial charge in [0.25, 0.3) is 5.91 Å². The van der Waals surface area contributed by atoms with E-state index in [2.05, 4.69) is 57.3 Å². The van der Waals surface area contributed by atoms with Gasteiger partial charge < -0.3 is 31.5 Å². The molecule has 2 aromatic heterocycles. The summed E-state index contributed by atoms with van der Waals surface area (Å²) in [6.07, 6.45) is 4.39. The van der Waals surface area contributed by atoms with Gasteiger partial charge in [-0.15, -0.1) is 0 Å². The standard InChI is InChI=1S/C42H45N11O5/c1-23-5-4-6-24(2)35(23)48-37-32-21-44-41(49-38(32)51(3)50-37)45-28-10-7-25(8-11-28)9-13-30-20-26(36(43)55)17-18-52(30)42(58)46-29-12-14-31-27(19-29)22-53(40(31)57)33-15-16-34(54)47-39(33)56/h4-8,10-12,14,19,21,26,30,33H,9,13,15-18,20,22H2,1-3H3,(H2,43,55)(H,46,58)(H,48,50)(H,44,45,49)(H,47,54,56). The molecule has 3 unspecified atom stereocenters. The zero-order valence-corrected chi connectivity index (χ0v) is 32.5. The molecule has 8 rings (SSSR count). The van der Waals surface area contributed by atoms with E-state index in [4.69, 9.17) is 10.7 Å². The molecule has 6 amide bonds. The number of benzene rings is 3. The van der Waals surface area contributed by atoms with Crippen LogP contribution in [0.4, 0.5) is 33.6 Å². The van der Waals surface area contributed by atoms with Crippen LogP contribution in [-0.4, -0.2) is 77.8 Å². The molecule has 298 valence electrons. The third-order valence-electron chi connectivity index (χ3n) is 11.4. The van der Waals surface area contributed by atoms with Gasteiger partial charge in [-0.3, -0.25) is 24.5 Å². The van der Waals surface area contributed by atoms with Crippen LogP contribution in [0.5, 0.6) is 0 Å². The van der Waals surface area contributed by atoms with Crippen LogP contribution in [0, 0.1) is 19.8 Å². The van der Waals surface area contributed by atoms with E-state index in [0.29, 0.717) is 66.5 Å². The molecule has 16 nitrogen and oxygen atoms in total. The number of anilines is 5. The zero-order valence-electron chi connectivity index (χ0n) is 32.5. The lowest BCUT2D eigenvalue weighted by atomic mass is 9.87. The number of para-hydroxylation sites is 1. The van der Waals surface area contributed by atoms with E-state index in [1.807, 2.05) is 37.4 Å². The van der Waals surface area contributed by atoms with Gasteiger partial charge in [-0.2, -0.15) is 10.1 Å². The Morgan fingerprint density at radius 3 is 2.47 bits per heavy atom. The SMILES string of the molecule is Cc1cccc(C)c1Nc1nn(C)c2nc(Nc3ccc(CCC4CC(C(N)=O)CCN4C(=O)Nc4ccc5c(c4)CN(C4CCC(=O)NC4=O)C5=O)cc3)ncc12. The Balaban J connectivity index is 0.901. The number of carbonyl (C=O) groups excluding carboxylic acids is 5. The Labute approximate surface area is 334 Å². The molecule has 3 atom stereocenters. The number of carbonyl (C=O) groups is 5. The summed E-state index contributed by atoms with van der Waals surface area (Å²) in [5, 5.41) is 17.5. The number of hydrogen-bond acceptors (Lipinski definition) is 10. The fourth-order valence-corrected chi connectivity index (χ4v) is 8.24. The largest absolute Gasteiger partial charge is 0.369 e. The molecule has 16 heteroatoms. The van der Waals surface area contributed by atoms with Crippen LogP contribution in [0.25, 0.3) is 11.0 Å². The van der Waals surface area contributed by atoms with Crippen molar-refractivity contribution in [2.24, 2.45) is 18.7 Å². The average Bonchev–Trinajstić information content (AvgIpc) is 3.69. The van der Waals surface area contributed by atoms with Gasteiger partial charge in [-0.05, 0) is 98.5 Å². The highest BCUT2D eigenvalue weighted by molar-refractivity contribution is 6.05. The average molecular weight is 784 g/mol. The predicted molar refractivity (Wildman–Crippen MR) is 217 cm³/mol. The normalized spacial score (nSPS) is 19.2. The van der Waals surface area contributed by atoms with Crippen LogP contribution in [0.1, 0.15) is 64.7 Å². The Hall–Kier alpha value is -6.84. The van der Waals surface area contributed by atoms with Gasteiger partial charge >= 0.3 is 6.03 Å². The van der Waals surface area contributed by atoms with Gasteiger partial charge in [-0.25, -0.2) is 14.5 Å².